The van der Waals surface area contributed by atoms with E-state index in [1.165, 1.54) is 18.4 Å². The van der Waals surface area contributed by atoms with E-state index in [2.05, 4.69) is 10.3 Å². The van der Waals surface area contributed by atoms with Crippen molar-refractivity contribution in [1.29, 1.82) is 0 Å². The summed E-state index contributed by atoms with van der Waals surface area (Å²) in [7, 11) is -6.84. The molecule has 4 aromatic rings. The van der Waals surface area contributed by atoms with E-state index < -0.39 is 30.3 Å². The van der Waals surface area contributed by atoms with Crippen molar-refractivity contribution in [3.63, 3.8) is 0 Å². The van der Waals surface area contributed by atoms with E-state index in [0.717, 1.165) is 11.6 Å². The third-order valence-corrected chi connectivity index (χ3v) is 9.48. The summed E-state index contributed by atoms with van der Waals surface area (Å²) in [5.41, 5.74) is 3.42. The van der Waals surface area contributed by atoms with Crippen LogP contribution in [0.3, 0.4) is 0 Å². The van der Waals surface area contributed by atoms with Crippen LogP contribution in [0.1, 0.15) is 29.8 Å². The van der Waals surface area contributed by atoms with Crippen molar-refractivity contribution in [1.82, 2.24) is 4.98 Å². The summed E-state index contributed by atoms with van der Waals surface area (Å²) in [5.74, 6) is -0.410. The third kappa shape index (κ3) is 5.03. The number of anilines is 1. The average molecular weight is 523 g/mol. The Bertz CT molecular complexity index is 1710. The number of hydrogen-bond acceptors (Lipinski definition) is 6. The fourth-order valence-corrected chi connectivity index (χ4v) is 5.02. The standard InChI is InChI=1S/C27H26N2O5S2/c1-27(2,36(4,33)34)21-15-19-10-7-13-28-25(19)24(16-21)18-8-5-9-20(14-18)26(30)29-22-11-6-12-23(17-22)35(3,31)32/h5-17H,1-4H3,(H,29,30). The molecule has 186 valence electrons. The van der Waals surface area contributed by atoms with Gasteiger partial charge in [-0.15, -0.1) is 0 Å². The van der Waals surface area contributed by atoms with Crippen LogP contribution < -0.4 is 5.32 Å². The van der Waals surface area contributed by atoms with Crippen molar-refractivity contribution in [3.8, 4) is 11.1 Å². The third-order valence-electron chi connectivity index (χ3n) is 6.28. The van der Waals surface area contributed by atoms with Crippen molar-refractivity contribution >= 4 is 42.2 Å². The quantitative estimate of drug-likeness (QED) is 0.388. The predicted octanol–water partition coefficient (Wildman–Crippen LogP) is 4.84. The van der Waals surface area contributed by atoms with Crippen molar-refractivity contribution in [2.24, 2.45) is 0 Å². The summed E-state index contributed by atoms with van der Waals surface area (Å²) in [6.07, 6.45) is 3.98. The number of carbonyl (C=O) groups is 1. The van der Waals surface area contributed by atoms with Gasteiger partial charge in [0.2, 0.25) is 0 Å². The number of rotatable bonds is 6. The molecular weight excluding hydrogens is 496 g/mol. The first-order chi connectivity index (χ1) is 16.8. The molecule has 0 fully saturated rings. The van der Waals surface area contributed by atoms with E-state index in [0.29, 0.717) is 33.5 Å². The minimum atomic E-state index is -3.42. The molecule has 0 unspecified atom stereocenters. The van der Waals surface area contributed by atoms with Gasteiger partial charge < -0.3 is 5.32 Å². The Balaban J connectivity index is 1.78. The number of fused-ring (bicyclic) bond motifs is 1. The maximum atomic E-state index is 13.0. The van der Waals surface area contributed by atoms with Crippen molar-refractivity contribution in [3.05, 3.63) is 90.1 Å². The van der Waals surface area contributed by atoms with Crippen LogP contribution in [-0.2, 0) is 24.4 Å². The van der Waals surface area contributed by atoms with Crippen LogP contribution in [-0.4, -0.2) is 40.2 Å². The van der Waals surface area contributed by atoms with E-state index in [1.807, 2.05) is 24.3 Å². The minimum absolute atomic E-state index is 0.108. The maximum Gasteiger partial charge on any atom is 0.255 e. The first kappa shape index (κ1) is 25.5. The lowest BCUT2D eigenvalue weighted by atomic mass is 9.93. The molecule has 36 heavy (non-hydrogen) atoms. The van der Waals surface area contributed by atoms with Crippen LogP contribution in [0.4, 0.5) is 5.69 Å². The Labute approximate surface area is 211 Å². The van der Waals surface area contributed by atoms with Crippen molar-refractivity contribution in [2.45, 2.75) is 23.5 Å². The molecule has 1 heterocycles. The van der Waals surface area contributed by atoms with Crippen molar-refractivity contribution in [2.75, 3.05) is 17.8 Å². The summed E-state index contributed by atoms with van der Waals surface area (Å²) in [6.45, 7) is 3.33. The number of pyridine rings is 1. The van der Waals surface area contributed by atoms with Crippen LogP contribution >= 0.6 is 0 Å². The highest BCUT2D eigenvalue weighted by Gasteiger charge is 2.33. The van der Waals surface area contributed by atoms with Gasteiger partial charge >= 0.3 is 0 Å². The molecule has 0 bridgehead atoms. The number of carbonyl (C=O) groups excluding carboxylic acids is 1. The molecule has 0 saturated carbocycles. The molecule has 1 amide bonds. The first-order valence-corrected chi connectivity index (χ1v) is 14.9. The van der Waals surface area contributed by atoms with E-state index >= 15 is 0 Å². The molecule has 0 radical (unpaired) electrons. The van der Waals surface area contributed by atoms with Gasteiger partial charge in [0.15, 0.2) is 19.7 Å². The fraction of sp³-hybridized carbons (Fsp3) is 0.185. The first-order valence-electron chi connectivity index (χ1n) is 11.1. The minimum Gasteiger partial charge on any atom is -0.322 e. The van der Waals surface area contributed by atoms with Crippen LogP contribution in [0.2, 0.25) is 0 Å². The average Bonchev–Trinajstić information content (AvgIpc) is 2.82. The highest BCUT2D eigenvalue weighted by atomic mass is 32.2. The Hall–Kier alpha value is -3.56. The largest absolute Gasteiger partial charge is 0.322 e. The number of sulfone groups is 2. The molecule has 0 aliphatic rings. The Morgan fingerprint density at radius 2 is 1.58 bits per heavy atom. The lowest BCUT2D eigenvalue weighted by Crippen LogP contribution is -2.28. The van der Waals surface area contributed by atoms with Gasteiger partial charge in [0, 0.05) is 40.9 Å². The van der Waals surface area contributed by atoms with Crippen LogP contribution in [0, 0.1) is 0 Å². The molecule has 7 nitrogen and oxygen atoms in total. The molecule has 1 N–H and O–H groups in total. The summed E-state index contributed by atoms with van der Waals surface area (Å²) in [4.78, 5) is 17.6. The van der Waals surface area contributed by atoms with Gasteiger partial charge in [0.05, 0.1) is 15.2 Å². The zero-order chi connectivity index (χ0) is 26.3. The molecule has 0 aliphatic heterocycles. The molecule has 0 atom stereocenters. The fourth-order valence-electron chi connectivity index (χ4n) is 3.81. The number of nitrogens with zero attached hydrogens (tertiary/aromatic N) is 1. The Morgan fingerprint density at radius 1 is 0.861 bits per heavy atom. The monoisotopic (exact) mass is 522 g/mol. The van der Waals surface area contributed by atoms with Gasteiger partial charge in [-0.2, -0.15) is 0 Å². The van der Waals surface area contributed by atoms with Crippen molar-refractivity contribution < 1.29 is 21.6 Å². The topological polar surface area (TPSA) is 110 Å². The number of aromatic nitrogens is 1. The zero-order valence-corrected chi connectivity index (χ0v) is 21.9. The molecule has 0 saturated heterocycles. The molecule has 0 spiro atoms. The Kier molecular flexibility index (Phi) is 6.49. The van der Waals surface area contributed by atoms with Gasteiger partial charge in [0.1, 0.15) is 0 Å². The van der Waals surface area contributed by atoms with E-state index in [4.69, 9.17) is 0 Å². The van der Waals surface area contributed by atoms with E-state index in [-0.39, 0.29) is 4.90 Å². The van der Waals surface area contributed by atoms with E-state index in [1.54, 1.807) is 56.4 Å². The molecule has 9 heteroatoms. The number of amides is 1. The van der Waals surface area contributed by atoms with Crippen LogP contribution in [0.25, 0.3) is 22.0 Å². The second-order valence-corrected chi connectivity index (χ2v) is 13.8. The van der Waals surface area contributed by atoms with E-state index in [9.17, 15) is 21.6 Å². The van der Waals surface area contributed by atoms with Gasteiger partial charge in [-0.25, -0.2) is 16.8 Å². The van der Waals surface area contributed by atoms with Gasteiger partial charge in [-0.05, 0) is 73.5 Å². The molecule has 1 aromatic heterocycles. The normalized spacial score (nSPS) is 12.4. The molecular formula is C27H26N2O5S2. The number of benzene rings is 3. The zero-order valence-electron chi connectivity index (χ0n) is 20.3. The number of nitrogens with one attached hydrogen (secondary N) is 1. The van der Waals surface area contributed by atoms with Gasteiger partial charge in [0.25, 0.3) is 5.91 Å². The smallest absolute Gasteiger partial charge is 0.255 e. The summed E-state index contributed by atoms with van der Waals surface area (Å²) in [5, 5.41) is 3.53. The predicted molar refractivity (Wildman–Crippen MR) is 143 cm³/mol. The second kappa shape index (κ2) is 9.15. The summed E-state index contributed by atoms with van der Waals surface area (Å²) < 4.78 is 47.6. The van der Waals surface area contributed by atoms with Gasteiger partial charge in [-0.1, -0.05) is 24.3 Å². The highest BCUT2D eigenvalue weighted by Crippen LogP contribution is 2.36. The lowest BCUT2D eigenvalue weighted by molar-refractivity contribution is 0.102. The molecule has 0 aliphatic carbocycles. The molecule has 3 aromatic carbocycles. The lowest BCUT2D eigenvalue weighted by Gasteiger charge is -2.24. The second-order valence-electron chi connectivity index (χ2n) is 9.22. The molecule has 4 rings (SSSR count). The maximum absolute atomic E-state index is 13.0. The van der Waals surface area contributed by atoms with Crippen LogP contribution in [0.5, 0.6) is 0 Å². The SMILES string of the molecule is CC(C)(c1cc(-c2cccc(C(=O)Nc3cccc(S(C)(=O)=O)c3)c2)c2ncccc2c1)S(C)(=O)=O. The highest BCUT2D eigenvalue weighted by molar-refractivity contribution is 7.91. The van der Waals surface area contributed by atoms with Gasteiger partial charge in [-0.3, -0.25) is 9.78 Å². The Morgan fingerprint density at radius 3 is 2.28 bits per heavy atom. The van der Waals surface area contributed by atoms with Crippen LogP contribution in [0.15, 0.2) is 83.9 Å². The summed E-state index contributed by atoms with van der Waals surface area (Å²) in [6, 6.07) is 20.3. The summed E-state index contributed by atoms with van der Waals surface area (Å²) >= 11 is 0. The number of hydrogen-bond donors (Lipinski definition) is 1.